The highest BCUT2D eigenvalue weighted by molar-refractivity contribution is 5.78. The molecule has 0 atom stereocenters. The largest absolute Gasteiger partial charge is 0.492 e. The van der Waals surface area contributed by atoms with Crippen LogP contribution in [0.15, 0.2) is 41.7 Å². The molecule has 0 radical (unpaired) electrons. The molecule has 2 aromatic rings. The molecular formula is C11H14N6O. The normalized spacial score (nSPS) is 10.0. The van der Waals surface area contributed by atoms with Gasteiger partial charge in [-0.1, -0.05) is 0 Å². The van der Waals surface area contributed by atoms with Crippen LogP contribution in [-0.4, -0.2) is 27.6 Å². The van der Waals surface area contributed by atoms with Gasteiger partial charge in [-0.2, -0.15) is 15.0 Å². The van der Waals surface area contributed by atoms with Gasteiger partial charge in [-0.25, -0.2) is 4.99 Å². The van der Waals surface area contributed by atoms with E-state index < -0.39 is 0 Å². The van der Waals surface area contributed by atoms with E-state index in [1.54, 1.807) is 41.5 Å². The first kappa shape index (κ1) is 11.9. The van der Waals surface area contributed by atoms with Gasteiger partial charge >= 0.3 is 0 Å². The summed E-state index contributed by atoms with van der Waals surface area (Å²) in [5.74, 6) is 0.783. The molecule has 2 rings (SSSR count). The number of nitrogens with zero attached hydrogens (tertiary/aromatic N) is 4. The fraction of sp³-hybridized carbons (Fsp3) is 0.182. The molecule has 1 aromatic carbocycles. The van der Waals surface area contributed by atoms with E-state index in [-0.39, 0.29) is 5.96 Å². The fourth-order valence-corrected chi connectivity index (χ4v) is 1.37. The third-order valence-corrected chi connectivity index (χ3v) is 2.12. The molecule has 94 valence electrons. The molecule has 1 aromatic heterocycles. The maximum absolute atomic E-state index is 5.53. The van der Waals surface area contributed by atoms with Gasteiger partial charge in [0.2, 0.25) is 0 Å². The second kappa shape index (κ2) is 5.67. The maximum Gasteiger partial charge on any atom is 0.191 e. The smallest absolute Gasteiger partial charge is 0.191 e. The lowest BCUT2D eigenvalue weighted by Crippen LogP contribution is -2.21. The average Bonchev–Trinajstić information content (AvgIpc) is 2.84. The predicted octanol–water partition coefficient (Wildman–Crippen LogP) is 0.262. The molecule has 0 saturated heterocycles. The number of ether oxygens (including phenoxy) is 1. The Bertz CT molecular complexity index is 501. The summed E-state index contributed by atoms with van der Waals surface area (Å²) in [5.41, 5.74) is 11.2. The van der Waals surface area contributed by atoms with E-state index in [1.165, 1.54) is 0 Å². The molecule has 0 bridgehead atoms. The van der Waals surface area contributed by atoms with Gasteiger partial charge in [0.1, 0.15) is 12.4 Å². The van der Waals surface area contributed by atoms with Crippen molar-refractivity contribution in [2.45, 2.75) is 6.54 Å². The summed E-state index contributed by atoms with van der Waals surface area (Å²) in [6.07, 6.45) is 3.26. The second-order valence-corrected chi connectivity index (χ2v) is 3.50. The highest BCUT2D eigenvalue weighted by Crippen LogP contribution is 2.17. The number of guanidine groups is 1. The standard InChI is InChI=1S/C11H14N6O/c12-11(13)16-9-1-3-10(4-2-9)18-8-7-17-14-5-6-15-17/h1-6H,7-8H2,(H4,12,13,16). The maximum atomic E-state index is 5.53. The second-order valence-electron chi connectivity index (χ2n) is 3.50. The van der Waals surface area contributed by atoms with Crippen LogP contribution in [0.2, 0.25) is 0 Å². The Hall–Kier alpha value is -2.57. The Labute approximate surface area is 104 Å². The van der Waals surface area contributed by atoms with Gasteiger partial charge in [-0.15, -0.1) is 0 Å². The monoisotopic (exact) mass is 246 g/mol. The van der Waals surface area contributed by atoms with E-state index in [0.29, 0.717) is 18.8 Å². The van der Waals surface area contributed by atoms with E-state index >= 15 is 0 Å². The van der Waals surface area contributed by atoms with Crippen molar-refractivity contribution in [3.05, 3.63) is 36.7 Å². The molecule has 0 unspecified atom stereocenters. The van der Waals surface area contributed by atoms with Gasteiger partial charge in [-0.05, 0) is 24.3 Å². The van der Waals surface area contributed by atoms with Gasteiger partial charge in [0.15, 0.2) is 5.96 Å². The van der Waals surface area contributed by atoms with E-state index in [2.05, 4.69) is 15.2 Å². The highest BCUT2D eigenvalue weighted by Gasteiger charge is 1.96. The summed E-state index contributed by atoms with van der Waals surface area (Å²) < 4.78 is 5.53. The average molecular weight is 246 g/mol. The molecule has 0 amide bonds. The Kier molecular flexibility index (Phi) is 3.75. The Morgan fingerprint density at radius 1 is 1.17 bits per heavy atom. The Morgan fingerprint density at radius 2 is 1.83 bits per heavy atom. The zero-order chi connectivity index (χ0) is 12.8. The third-order valence-electron chi connectivity index (χ3n) is 2.12. The van der Waals surface area contributed by atoms with Crippen molar-refractivity contribution in [3.8, 4) is 5.75 Å². The molecule has 0 aliphatic heterocycles. The first-order chi connectivity index (χ1) is 8.74. The number of hydrogen-bond acceptors (Lipinski definition) is 4. The molecule has 4 N–H and O–H groups in total. The van der Waals surface area contributed by atoms with E-state index in [4.69, 9.17) is 16.2 Å². The minimum atomic E-state index is 0.0356. The molecule has 0 fully saturated rings. The van der Waals surface area contributed by atoms with Crippen LogP contribution in [0.1, 0.15) is 0 Å². The van der Waals surface area contributed by atoms with Crippen LogP contribution < -0.4 is 16.2 Å². The van der Waals surface area contributed by atoms with E-state index in [9.17, 15) is 0 Å². The molecule has 0 spiro atoms. The van der Waals surface area contributed by atoms with Gasteiger partial charge in [0.05, 0.1) is 24.6 Å². The van der Waals surface area contributed by atoms with E-state index in [1.807, 2.05) is 0 Å². The lowest BCUT2D eigenvalue weighted by Gasteiger charge is -2.05. The third kappa shape index (κ3) is 3.48. The number of hydrogen-bond donors (Lipinski definition) is 2. The molecule has 7 heteroatoms. The lowest BCUT2D eigenvalue weighted by molar-refractivity contribution is 0.282. The summed E-state index contributed by atoms with van der Waals surface area (Å²) in [4.78, 5) is 5.48. The fourth-order valence-electron chi connectivity index (χ4n) is 1.37. The van der Waals surface area contributed by atoms with Crippen LogP contribution in [-0.2, 0) is 6.54 Å². The molecule has 0 aliphatic carbocycles. The van der Waals surface area contributed by atoms with Crippen LogP contribution in [0.3, 0.4) is 0 Å². The van der Waals surface area contributed by atoms with Crippen LogP contribution in [0, 0.1) is 0 Å². The van der Waals surface area contributed by atoms with Gasteiger partial charge in [0.25, 0.3) is 0 Å². The van der Waals surface area contributed by atoms with Crippen molar-refractivity contribution in [2.24, 2.45) is 16.5 Å². The summed E-state index contributed by atoms with van der Waals surface area (Å²) >= 11 is 0. The number of rotatable bonds is 5. The van der Waals surface area contributed by atoms with Crippen molar-refractivity contribution in [1.82, 2.24) is 15.0 Å². The van der Waals surface area contributed by atoms with Crippen LogP contribution >= 0.6 is 0 Å². The summed E-state index contributed by atoms with van der Waals surface area (Å²) in [7, 11) is 0. The highest BCUT2D eigenvalue weighted by atomic mass is 16.5. The molecule has 0 saturated carbocycles. The van der Waals surface area contributed by atoms with E-state index in [0.717, 1.165) is 5.75 Å². The zero-order valence-corrected chi connectivity index (χ0v) is 9.73. The lowest BCUT2D eigenvalue weighted by atomic mass is 10.3. The van der Waals surface area contributed by atoms with Gasteiger partial charge < -0.3 is 16.2 Å². The van der Waals surface area contributed by atoms with Crippen molar-refractivity contribution in [1.29, 1.82) is 0 Å². The van der Waals surface area contributed by atoms with Crippen LogP contribution in [0.5, 0.6) is 5.75 Å². The number of aromatic nitrogens is 3. The molecule has 7 nitrogen and oxygen atoms in total. The quantitative estimate of drug-likeness (QED) is 0.581. The summed E-state index contributed by atoms with van der Waals surface area (Å²) in [6, 6.07) is 7.17. The first-order valence-electron chi connectivity index (χ1n) is 5.40. The van der Waals surface area contributed by atoms with Crippen LogP contribution in [0.4, 0.5) is 5.69 Å². The zero-order valence-electron chi connectivity index (χ0n) is 9.73. The molecular weight excluding hydrogens is 232 g/mol. The van der Waals surface area contributed by atoms with Crippen molar-refractivity contribution in [3.63, 3.8) is 0 Å². The number of benzene rings is 1. The topological polar surface area (TPSA) is 104 Å². The number of aliphatic imine (C=N–C) groups is 1. The van der Waals surface area contributed by atoms with Gasteiger partial charge in [-0.3, -0.25) is 0 Å². The summed E-state index contributed by atoms with van der Waals surface area (Å²) in [6.45, 7) is 1.10. The number of nitrogens with two attached hydrogens (primary N) is 2. The van der Waals surface area contributed by atoms with Crippen molar-refractivity contribution < 1.29 is 4.74 Å². The first-order valence-corrected chi connectivity index (χ1v) is 5.40. The molecule has 0 aliphatic rings. The minimum Gasteiger partial charge on any atom is -0.492 e. The minimum absolute atomic E-state index is 0.0356. The molecule has 18 heavy (non-hydrogen) atoms. The Balaban J connectivity index is 1.85. The van der Waals surface area contributed by atoms with Crippen LogP contribution in [0.25, 0.3) is 0 Å². The van der Waals surface area contributed by atoms with Crippen molar-refractivity contribution >= 4 is 11.6 Å². The molecule has 1 heterocycles. The Morgan fingerprint density at radius 3 is 2.44 bits per heavy atom. The van der Waals surface area contributed by atoms with Crippen molar-refractivity contribution in [2.75, 3.05) is 6.61 Å². The summed E-state index contributed by atoms with van der Waals surface area (Å²) in [5, 5.41) is 7.95. The predicted molar refractivity (Wildman–Crippen MR) is 67.4 cm³/mol. The SMILES string of the molecule is NC(N)=Nc1ccc(OCCn2nccn2)cc1. The van der Waals surface area contributed by atoms with Gasteiger partial charge in [0, 0.05) is 0 Å².